The lowest BCUT2D eigenvalue weighted by molar-refractivity contribution is -0.142. The fourth-order valence-corrected chi connectivity index (χ4v) is 7.25. The number of rotatable bonds is 5. The molecule has 1 amide bonds. The van der Waals surface area contributed by atoms with E-state index in [2.05, 4.69) is 0 Å². The van der Waals surface area contributed by atoms with E-state index in [0.717, 1.165) is 25.7 Å². The lowest BCUT2D eigenvalue weighted by atomic mass is 10.2. The van der Waals surface area contributed by atoms with Crippen LogP contribution in [0.4, 0.5) is 0 Å². The maximum absolute atomic E-state index is 13.0. The molecular weight excluding hydrogens is 442 g/mol. The summed E-state index contributed by atoms with van der Waals surface area (Å²) in [6.45, 7) is 2.63. The van der Waals surface area contributed by atoms with E-state index in [9.17, 15) is 21.6 Å². The molecule has 1 aromatic carbocycles. The van der Waals surface area contributed by atoms with Crippen LogP contribution in [-0.2, 0) is 29.6 Å². The standard InChI is InChI=1S/C20H29N3O6S2/c24-20(19-5-4-16-29-19)21-12-14-23(15-13-21)31(27,28)18-8-6-17(7-9-18)30(25,26)22-10-2-1-3-11-22/h6-9,19H,1-5,10-16H2. The van der Waals surface area contributed by atoms with E-state index >= 15 is 0 Å². The Labute approximate surface area is 184 Å². The monoisotopic (exact) mass is 471 g/mol. The zero-order valence-corrected chi connectivity index (χ0v) is 19.1. The first-order chi connectivity index (χ1) is 14.8. The van der Waals surface area contributed by atoms with Crippen molar-refractivity contribution in [3.63, 3.8) is 0 Å². The maximum atomic E-state index is 13.0. The minimum absolute atomic E-state index is 0.0593. The van der Waals surface area contributed by atoms with E-state index in [0.29, 0.717) is 39.2 Å². The first kappa shape index (κ1) is 22.7. The number of sulfonamides is 2. The Morgan fingerprint density at radius 1 is 0.742 bits per heavy atom. The number of amides is 1. The van der Waals surface area contributed by atoms with Crippen LogP contribution in [0, 0.1) is 0 Å². The molecule has 3 fully saturated rings. The van der Waals surface area contributed by atoms with Gasteiger partial charge < -0.3 is 9.64 Å². The average molecular weight is 472 g/mol. The zero-order chi connectivity index (χ0) is 22.1. The molecular formula is C20H29N3O6S2. The molecule has 0 N–H and O–H groups in total. The summed E-state index contributed by atoms with van der Waals surface area (Å²) < 4.78 is 59.8. The van der Waals surface area contributed by atoms with Crippen molar-refractivity contribution in [1.82, 2.24) is 13.5 Å². The van der Waals surface area contributed by atoms with Crippen LogP contribution in [-0.4, -0.2) is 88.2 Å². The van der Waals surface area contributed by atoms with Crippen molar-refractivity contribution in [3.8, 4) is 0 Å². The van der Waals surface area contributed by atoms with Gasteiger partial charge in [-0.25, -0.2) is 16.8 Å². The van der Waals surface area contributed by atoms with Gasteiger partial charge in [0.2, 0.25) is 20.0 Å². The van der Waals surface area contributed by atoms with Crippen molar-refractivity contribution in [3.05, 3.63) is 24.3 Å². The second kappa shape index (κ2) is 9.14. The zero-order valence-electron chi connectivity index (χ0n) is 17.5. The molecule has 1 unspecified atom stereocenters. The highest BCUT2D eigenvalue weighted by atomic mass is 32.2. The third kappa shape index (κ3) is 4.65. The Bertz CT molecular complexity index is 990. The predicted molar refractivity (Wildman–Crippen MR) is 113 cm³/mol. The van der Waals surface area contributed by atoms with Crippen LogP contribution >= 0.6 is 0 Å². The number of hydrogen-bond acceptors (Lipinski definition) is 6. The summed E-state index contributed by atoms with van der Waals surface area (Å²) in [7, 11) is -7.37. The first-order valence-electron chi connectivity index (χ1n) is 10.8. The molecule has 0 bridgehead atoms. The molecule has 0 radical (unpaired) electrons. The molecule has 3 heterocycles. The lowest BCUT2D eigenvalue weighted by Gasteiger charge is -2.35. The van der Waals surface area contributed by atoms with Gasteiger partial charge in [0.25, 0.3) is 5.91 Å². The second-order valence-corrected chi connectivity index (χ2v) is 12.0. The molecule has 172 valence electrons. The van der Waals surface area contributed by atoms with E-state index < -0.39 is 26.2 Å². The molecule has 1 atom stereocenters. The Morgan fingerprint density at radius 2 is 1.26 bits per heavy atom. The van der Waals surface area contributed by atoms with E-state index in [1.165, 1.54) is 32.9 Å². The third-order valence-corrected chi connectivity index (χ3v) is 10.00. The summed E-state index contributed by atoms with van der Waals surface area (Å²) in [6.07, 6.45) is 3.88. The number of carbonyl (C=O) groups is 1. The summed E-state index contributed by atoms with van der Waals surface area (Å²) in [5.74, 6) is -0.0678. The van der Waals surface area contributed by atoms with Gasteiger partial charge in [-0.15, -0.1) is 0 Å². The number of piperazine rings is 1. The van der Waals surface area contributed by atoms with Gasteiger partial charge in [-0.05, 0) is 49.9 Å². The van der Waals surface area contributed by atoms with Gasteiger partial charge in [0, 0.05) is 45.9 Å². The van der Waals surface area contributed by atoms with Gasteiger partial charge in [-0.2, -0.15) is 8.61 Å². The van der Waals surface area contributed by atoms with Crippen molar-refractivity contribution >= 4 is 26.0 Å². The number of benzene rings is 1. The molecule has 0 aliphatic carbocycles. The van der Waals surface area contributed by atoms with E-state index in [-0.39, 0.29) is 28.8 Å². The van der Waals surface area contributed by atoms with Crippen molar-refractivity contribution in [1.29, 1.82) is 0 Å². The maximum Gasteiger partial charge on any atom is 0.251 e. The van der Waals surface area contributed by atoms with Crippen molar-refractivity contribution < 1.29 is 26.4 Å². The second-order valence-electron chi connectivity index (χ2n) is 8.17. The number of piperidine rings is 1. The van der Waals surface area contributed by atoms with Gasteiger partial charge in [0.15, 0.2) is 0 Å². The van der Waals surface area contributed by atoms with Crippen LogP contribution in [0.1, 0.15) is 32.1 Å². The molecule has 0 aromatic heterocycles. The quantitative estimate of drug-likeness (QED) is 0.631. The Morgan fingerprint density at radius 3 is 1.74 bits per heavy atom. The third-order valence-electron chi connectivity index (χ3n) is 6.17. The molecule has 9 nitrogen and oxygen atoms in total. The van der Waals surface area contributed by atoms with Crippen molar-refractivity contribution in [2.24, 2.45) is 0 Å². The van der Waals surface area contributed by atoms with Crippen LogP contribution in [0.3, 0.4) is 0 Å². The Hall–Kier alpha value is -1.53. The molecule has 1 aromatic rings. The summed E-state index contributed by atoms with van der Waals surface area (Å²) >= 11 is 0. The van der Waals surface area contributed by atoms with Crippen LogP contribution in [0.25, 0.3) is 0 Å². The molecule has 31 heavy (non-hydrogen) atoms. The topological polar surface area (TPSA) is 104 Å². The van der Waals surface area contributed by atoms with Crippen LogP contribution in [0.15, 0.2) is 34.1 Å². The van der Waals surface area contributed by atoms with Gasteiger partial charge in [-0.1, -0.05) is 6.42 Å². The van der Waals surface area contributed by atoms with Gasteiger partial charge in [0.1, 0.15) is 6.10 Å². The lowest BCUT2D eigenvalue weighted by Crippen LogP contribution is -2.52. The minimum atomic E-state index is -3.76. The highest BCUT2D eigenvalue weighted by Gasteiger charge is 2.34. The fraction of sp³-hybridized carbons (Fsp3) is 0.650. The summed E-state index contributed by atoms with van der Waals surface area (Å²) in [4.78, 5) is 14.3. The van der Waals surface area contributed by atoms with Crippen LogP contribution in [0.5, 0.6) is 0 Å². The molecule has 3 saturated heterocycles. The highest BCUT2D eigenvalue weighted by molar-refractivity contribution is 7.89. The van der Waals surface area contributed by atoms with Gasteiger partial charge in [-0.3, -0.25) is 4.79 Å². The van der Waals surface area contributed by atoms with E-state index in [1.807, 2.05) is 0 Å². The molecule has 0 saturated carbocycles. The summed E-state index contributed by atoms with van der Waals surface area (Å²) in [5.41, 5.74) is 0. The van der Waals surface area contributed by atoms with Gasteiger partial charge in [0.05, 0.1) is 9.79 Å². The molecule has 3 aliphatic rings. The number of hydrogen-bond donors (Lipinski definition) is 0. The van der Waals surface area contributed by atoms with Crippen LogP contribution < -0.4 is 0 Å². The number of ether oxygens (including phenoxy) is 1. The van der Waals surface area contributed by atoms with E-state index in [1.54, 1.807) is 4.90 Å². The minimum Gasteiger partial charge on any atom is -0.368 e. The predicted octanol–water partition coefficient (Wildman–Crippen LogP) is 0.873. The normalized spacial score (nSPS) is 24.4. The van der Waals surface area contributed by atoms with Crippen molar-refractivity contribution in [2.45, 2.75) is 48.0 Å². The smallest absolute Gasteiger partial charge is 0.251 e. The average Bonchev–Trinajstić information content (AvgIpc) is 3.34. The molecule has 0 spiro atoms. The number of nitrogens with zero attached hydrogens (tertiary/aromatic N) is 3. The van der Waals surface area contributed by atoms with Gasteiger partial charge >= 0.3 is 0 Å². The summed E-state index contributed by atoms with van der Waals surface area (Å²) in [5, 5.41) is 0. The van der Waals surface area contributed by atoms with Crippen molar-refractivity contribution in [2.75, 3.05) is 45.9 Å². The fourth-order valence-electron chi connectivity index (χ4n) is 4.31. The first-order valence-corrected chi connectivity index (χ1v) is 13.7. The molecule has 4 rings (SSSR count). The van der Waals surface area contributed by atoms with E-state index in [4.69, 9.17) is 4.74 Å². The summed E-state index contributed by atoms with van der Waals surface area (Å²) in [6, 6.07) is 5.45. The Balaban J connectivity index is 1.41. The SMILES string of the molecule is O=C(C1CCCO1)N1CCN(S(=O)(=O)c2ccc(S(=O)(=O)N3CCCCC3)cc2)CC1. The molecule has 11 heteroatoms. The van der Waals surface area contributed by atoms with Crippen LogP contribution in [0.2, 0.25) is 0 Å². The largest absolute Gasteiger partial charge is 0.368 e. The molecule has 3 aliphatic heterocycles. The highest BCUT2D eigenvalue weighted by Crippen LogP contribution is 2.24. The Kier molecular flexibility index (Phi) is 6.68. The number of carbonyl (C=O) groups excluding carboxylic acids is 1.